The van der Waals surface area contributed by atoms with Crippen molar-refractivity contribution in [1.82, 2.24) is 9.55 Å². The maximum Gasteiger partial charge on any atom is 0.247 e. The summed E-state index contributed by atoms with van der Waals surface area (Å²) in [5, 5.41) is 15.3. The molecule has 0 radical (unpaired) electrons. The SMILES string of the molecule is C#CCOCCn1c[n+]([O-])c(-c2ccc(F)cc2)c1-c1ccnc(NC(C)=O)c1. The molecule has 1 aromatic carbocycles. The Labute approximate surface area is 167 Å². The first-order valence-electron chi connectivity index (χ1n) is 8.83. The summed E-state index contributed by atoms with van der Waals surface area (Å²) in [7, 11) is 0. The van der Waals surface area contributed by atoms with Gasteiger partial charge in [-0.05, 0) is 36.4 Å². The first-order chi connectivity index (χ1) is 14.0. The van der Waals surface area contributed by atoms with E-state index in [4.69, 9.17) is 11.2 Å². The third-order valence-electron chi connectivity index (χ3n) is 4.09. The lowest BCUT2D eigenvalue weighted by molar-refractivity contribution is -0.593. The Morgan fingerprint density at radius 2 is 2.10 bits per heavy atom. The maximum absolute atomic E-state index is 13.4. The monoisotopic (exact) mass is 394 g/mol. The van der Waals surface area contributed by atoms with Gasteiger partial charge in [0.25, 0.3) is 0 Å². The largest absolute Gasteiger partial charge is 0.710 e. The van der Waals surface area contributed by atoms with Crippen molar-refractivity contribution in [2.45, 2.75) is 13.5 Å². The summed E-state index contributed by atoms with van der Waals surface area (Å²) in [6, 6.07) is 9.06. The van der Waals surface area contributed by atoms with E-state index >= 15 is 0 Å². The highest BCUT2D eigenvalue weighted by Gasteiger charge is 2.24. The smallest absolute Gasteiger partial charge is 0.247 e. The van der Waals surface area contributed by atoms with Crippen molar-refractivity contribution >= 4 is 11.7 Å². The van der Waals surface area contributed by atoms with E-state index in [1.807, 2.05) is 0 Å². The van der Waals surface area contributed by atoms with Gasteiger partial charge in [0.15, 0.2) is 11.4 Å². The first kappa shape index (κ1) is 20.0. The van der Waals surface area contributed by atoms with Crippen LogP contribution in [0.3, 0.4) is 0 Å². The molecule has 0 aliphatic heterocycles. The average Bonchev–Trinajstić information content (AvgIpc) is 3.02. The molecular weight excluding hydrogens is 375 g/mol. The van der Waals surface area contributed by atoms with E-state index in [-0.39, 0.29) is 12.5 Å². The third kappa shape index (κ3) is 4.78. The molecule has 0 unspecified atom stereocenters. The zero-order chi connectivity index (χ0) is 20.8. The Bertz CT molecular complexity index is 1050. The van der Waals surface area contributed by atoms with Gasteiger partial charge in [-0.25, -0.2) is 18.7 Å². The molecule has 0 saturated heterocycles. The van der Waals surface area contributed by atoms with Gasteiger partial charge in [0, 0.05) is 24.2 Å². The number of rotatable bonds is 7. The quantitative estimate of drug-likeness (QED) is 0.289. The predicted molar refractivity (Wildman–Crippen MR) is 106 cm³/mol. The molecule has 0 spiro atoms. The molecule has 0 saturated carbocycles. The minimum Gasteiger partial charge on any atom is -0.710 e. The van der Waals surface area contributed by atoms with E-state index in [1.165, 1.54) is 43.7 Å². The topological polar surface area (TPSA) is 83.1 Å². The molecule has 8 heteroatoms. The second-order valence-electron chi connectivity index (χ2n) is 6.21. The summed E-state index contributed by atoms with van der Waals surface area (Å²) in [5.41, 5.74) is 2.15. The normalized spacial score (nSPS) is 10.5. The van der Waals surface area contributed by atoms with E-state index in [9.17, 15) is 14.4 Å². The molecule has 2 heterocycles. The molecule has 0 aliphatic rings. The summed E-state index contributed by atoms with van der Waals surface area (Å²) in [5.74, 6) is 2.09. The zero-order valence-corrected chi connectivity index (χ0v) is 15.8. The number of terminal acetylenes is 1. The van der Waals surface area contributed by atoms with Crippen LogP contribution in [0.1, 0.15) is 6.92 Å². The minimum atomic E-state index is -0.397. The maximum atomic E-state index is 13.4. The number of amides is 1. The van der Waals surface area contributed by atoms with Crippen molar-refractivity contribution in [3.05, 3.63) is 59.9 Å². The molecule has 0 bridgehead atoms. The molecule has 1 N–H and O–H groups in total. The summed E-state index contributed by atoms with van der Waals surface area (Å²) >= 11 is 0. The van der Waals surface area contributed by atoms with Crippen LogP contribution in [0.4, 0.5) is 10.2 Å². The Kier molecular flexibility index (Phi) is 6.22. The van der Waals surface area contributed by atoms with Crippen LogP contribution < -0.4 is 10.0 Å². The van der Waals surface area contributed by atoms with Crippen LogP contribution in [0.5, 0.6) is 0 Å². The summed E-state index contributed by atoms with van der Waals surface area (Å²) in [6.07, 6.45) is 8.13. The van der Waals surface area contributed by atoms with E-state index in [0.717, 1.165) is 4.73 Å². The van der Waals surface area contributed by atoms with Crippen molar-refractivity contribution in [1.29, 1.82) is 0 Å². The Balaban J connectivity index is 2.09. The van der Waals surface area contributed by atoms with Crippen LogP contribution in [0.25, 0.3) is 22.5 Å². The number of imidazole rings is 1. The van der Waals surface area contributed by atoms with Gasteiger partial charge in [0.05, 0.1) is 6.61 Å². The Morgan fingerprint density at radius 1 is 1.34 bits per heavy atom. The van der Waals surface area contributed by atoms with Crippen molar-refractivity contribution in [2.24, 2.45) is 0 Å². The van der Waals surface area contributed by atoms with Crippen LogP contribution in [0.15, 0.2) is 48.9 Å². The van der Waals surface area contributed by atoms with E-state index < -0.39 is 5.82 Å². The number of benzene rings is 1. The van der Waals surface area contributed by atoms with Gasteiger partial charge in [0.2, 0.25) is 12.2 Å². The number of anilines is 1. The molecule has 7 nitrogen and oxygen atoms in total. The van der Waals surface area contributed by atoms with Gasteiger partial charge < -0.3 is 15.3 Å². The Hall–Kier alpha value is -3.70. The molecule has 2 aromatic heterocycles. The summed E-state index contributed by atoms with van der Waals surface area (Å²) in [6.45, 7) is 2.23. The first-order valence-corrected chi connectivity index (χ1v) is 8.83. The number of nitrogens with one attached hydrogen (secondary N) is 1. The van der Waals surface area contributed by atoms with Crippen molar-refractivity contribution < 1.29 is 18.7 Å². The van der Waals surface area contributed by atoms with Crippen LogP contribution in [0.2, 0.25) is 0 Å². The second kappa shape index (κ2) is 8.99. The third-order valence-corrected chi connectivity index (χ3v) is 4.09. The summed E-state index contributed by atoms with van der Waals surface area (Å²) < 4.78 is 21.2. The molecule has 3 aromatic rings. The molecular formula is C21H19FN4O3. The van der Waals surface area contributed by atoms with Gasteiger partial charge in [-0.2, -0.15) is 0 Å². The van der Waals surface area contributed by atoms with Crippen LogP contribution in [-0.4, -0.2) is 28.7 Å². The highest BCUT2D eigenvalue weighted by molar-refractivity contribution is 5.88. The molecule has 29 heavy (non-hydrogen) atoms. The number of carbonyl (C=O) groups excluding carboxylic acids is 1. The van der Waals surface area contributed by atoms with Gasteiger partial charge in [0.1, 0.15) is 24.8 Å². The molecule has 0 fully saturated rings. The van der Waals surface area contributed by atoms with Gasteiger partial charge in [-0.1, -0.05) is 5.92 Å². The lowest BCUT2D eigenvalue weighted by Gasteiger charge is -2.08. The molecule has 3 rings (SSSR count). The highest BCUT2D eigenvalue weighted by atomic mass is 19.1. The van der Waals surface area contributed by atoms with Crippen molar-refractivity contribution in [2.75, 3.05) is 18.5 Å². The van der Waals surface area contributed by atoms with E-state index in [1.54, 1.807) is 16.7 Å². The number of ether oxygens (including phenoxy) is 1. The number of hydrogen-bond acceptors (Lipinski definition) is 4. The number of nitrogens with zero attached hydrogens (tertiary/aromatic N) is 3. The zero-order valence-electron chi connectivity index (χ0n) is 15.8. The van der Waals surface area contributed by atoms with Gasteiger partial charge in [-0.3, -0.25) is 4.79 Å². The van der Waals surface area contributed by atoms with E-state index in [0.29, 0.717) is 41.5 Å². The van der Waals surface area contributed by atoms with Gasteiger partial charge >= 0.3 is 0 Å². The number of aromatic nitrogens is 3. The highest BCUT2D eigenvalue weighted by Crippen LogP contribution is 2.31. The fourth-order valence-electron chi connectivity index (χ4n) is 2.95. The summed E-state index contributed by atoms with van der Waals surface area (Å²) in [4.78, 5) is 15.5. The Morgan fingerprint density at radius 3 is 2.79 bits per heavy atom. The molecule has 0 atom stereocenters. The number of hydrogen-bond donors (Lipinski definition) is 1. The molecule has 148 valence electrons. The van der Waals surface area contributed by atoms with Crippen LogP contribution in [0, 0.1) is 23.4 Å². The lowest BCUT2D eigenvalue weighted by Crippen LogP contribution is -2.25. The number of carbonyl (C=O) groups is 1. The van der Waals surface area contributed by atoms with Crippen LogP contribution in [-0.2, 0) is 16.1 Å². The predicted octanol–water partition coefficient (Wildman–Crippen LogP) is 2.60. The second-order valence-corrected chi connectivity index (χ2v) is 6.21. The fourth-order valence-corrected chi connectivity index (χ4v) is 2.95. The molecule has 1 amide bonds. The van der Waals surface area contributed by atoms with Crippen molar-refractivity contribution in [3.8, 4) is 34.9 Å². The van der Waals surface area contributed by atoms with Crippen LogP contribution >= 0.6 is 0 Å². The average molecular weight is 394 g/mol. The fraction of sp³-hybridized carbons (Fsp3) is 0.190. The van der Waals surface area contributed by atoms with E-state index in [2.05, 4.69) is 16.2 Å². The van der Waals surface area contributed by atoms with Crippen molar-refractivity contribution in [3.63, 3.8) is 0 Å². The molecule has 0 aliphatic carbocycles. The minimum absolute atomic E-state index is 0.167. The number of pyridine rings is 1. The number of halogens is 1. The van der Waals surface area contributed by atoms with Gasteiger partial charge in [-0.15, -0.1) is 6.42 Å². The standard InChI is InChI=1S/C21H19FN4O3/c1-3-11-29-12-10-25-14-26(28)21(16-4-6-18(22)7-5-16)20(25)17-8-9-23-19(13-17)24-15(2)27/h1,4-9,13-14H,10-12H2,2H3,(H,23,24,27). The lowest BCUT2D eigenvalue weighted by atomic mass is 10.1.